The molecule has 1 saturated heterocycles. The van der Waals surface area contributed by atoms with Crippen LogP contribution in [0.3, 0.4) is 0 Å². The molecule has 1 aliphatic rings. The number of rotatable bonds is 5. The van der Waals surface area contributed by atoms with Gasteiger partial charge in [0.1, 0.15) is 12.6 Å². The van der Waals surface area contributed by atoms with E-state index >= 15 is 0 Å². The number of hydrogen-bond donors (Lipinski definition) is 2. The van der Waals surface area contributed by atoms with Gasteiger partial charge in [-0.05, 0) is 24.8 Å². The maximum absolute atomic E-state index is 12.3. The summed E-state index contributed by atoms with van der Waals surface area (Å²) in [6.45, 7) is 0.0162. The lowest BCUT2D eigenvalue weighted by Crippen LogP contribution is -2.54. The number of amides is 1. The molecule has 0 aliphatic carbocycles. The number of carboxylic acids is 2. The lowest BCUT2D eigenvalue weighted by atomic mass is 9.94. The fraction of sp³-hybridized carbons (Fsp3) is 0.438. The van der Waals surface area contributed by atoms with Crippen molar-refractivity contribution < 1.29 is 29.3 Å². The van der Waals surface area contributed by atoms with Crippen LogP contribution in [0.15, 0.2) is 30.3 Å². The summed E-state index contributed by atoms with van der Waals surface area (Å²) in [5.41, 5.74) is 0.777. The minimum atomic E-state index is -1.14. The van der Waals surface area contributed by atoms with Crippen molar-refractivity contribution in [2.75, 3.05) is 0 Å². The average molecular weight is 321 g/mol. The molecule has 1 aliphatic heterocycles. The van der Waals surface area contributed by atoms with Gasteiger partial charge >= 0.3 is 18.0 Å². The smallest absolute Gasteiger partial charge is 0.411 e. The molecule has 124 valence electrons. The van der Waals surface area contributed by atoms with Gasteiger partial charge in [-0.1, -0.05) is 30.3 Å². The zero-order valence-electron chi connectivity index (χ0n) is 12.6. The van der Waals surface area contributed by atoms with Crippen molar-refractivity contribution in [3.8, 4) is 0 Å². The van der Waals surface area contributed by atoms with E-state index in [2.05, 4.69) is 0 Å². The van der Waals surface area contributed by atoms with Gasteiger partial charge in [0.05, 0.1) is 6.42 Å². The molecule has 0 bridgehead atoms. The number of carbonyl (C=O) groups is 3. The van der Waals surface area contributed by atoms with Crippen LogP contribution in [0.5, 0.6) is 0 Å². The summed E-state index contributed by atoms with van der Waals surface area (Å²) in [5, 5.41) is 18.3. The van der Waals surface area contributed by atoms with Crippen LogP contribution in [0.4, 0.5) is 4.79 Å². The fourth-order valence-corrected chi connectivity index (χ4v) is 2.79. The average Bonchev–Trinajstić information content (AvgIpc) is 2.52. The molecule has 0 radical (unpaired) electrons. The fourth-order valence-electron chi connectivity index (χ4n) is 2.79. The Bertz CT molecular complexity index is 573. The van der Waals surface area contributed by atoms with Gasteiger partial charge < -0.3 is 14.9 Å². The van der Waals surface area contributed by atoms with Crippen molar-refractivity contribution in [2.45, 2.75) is 44.4 Å². The lowest BCUT2D eigenvalue weighted by Gasteiger charge is -2.38. The van der Waals surface area contributed by atoms with Gasteiger partial charge in [0.15, 0.2) is 0 Å². The summed E-state index contributed by atoms with van der Waals surface area (Å²) in [7, 11) is 0. The molecule has 1 aromatic rings. The second kappa shape index (κ2) is 7.62. The number of carboxylic acid groups (broad SMARTS) is 2. The second-order valence-electron chi connectivity index (χ2n) is 5.48. The maximum atomic E-state index is 12.3. The molecule has 0 unspecified atom stereocenters. The molecule has 23 heavy (non-hydrogen) atoms. The molecule has 1 fully saturated rings. The third-order valence-electron chi connectivity index (χ3n) is 3.86. The summed E-state index contributed by atoms with van der Waals surface area (Å²) in [6.07, 6.45) is 0.247. The monoisotopic (exact) mass is 321 g/mol. The maximum Gasteiger partial charge on any atom is 0.411 e. The lowest BCUT2D eigenvalue weighted by molar-refractivity contribution is -0.148. The van der Waals surface area contributed by atoms with Crippen molar-refractivity contribution in [3.05, 3.63) is 35.9 Å². The van der Waals surface area contributed by atoms with Gasteiger partial charge in [0.2, 0.25) is 0 Å². The van der Waals surface area contributed by atoms with E-state index in [1.165, 1.54) is 0 Å². The molecule has 1 aromatic carbocycles. The van der Waals surface area contributed by atoms with Gasteiger partial charge in [-0.2, -0.15) is 0 Å². The van der Waals surface area contributed by atoms with Crippen LogP contribution in [0, 0.1) is 0 Å². The first kappa shape index (κ1) is 16.8. The molecule has 7 heteroatoms. The Morgan fingerprint density at radius 3 is 2.43 bits per heavy atom. The number of ether oxygens (including phenoxy) is 1. The summed E-state index contributed by atoms with van der Waals surface area (Å²) in [4.78, 5) is 35.7. The topological polar surface area (TPSA) is 104 Å². The molecular formula is C16H19NO6. The third-order valence-corrected chi connectivity index (χ3v) is 3.86. The van der Waals surface area contributed by atoms with Crippen LogP contribution in [0.25, 0.3) is 0 Å². The first-order chi connectivity index (χ1) is 11.0. The SMILES string of the molecule is O=C(O)C[C@@H]1CCC[C@H](C(=O)O)N1C(=O)OCc1ccccc1. The minimum absolute atomic E-state index is 0.0162. The van der Waals surface area contributed by atoms with Gasteiger partial charge in [-0.25, -0.2) is 9.59 Å². The van der Waals surface area contributed by atoms with Crippen molar-refractivity contribution in [3.63, 3.8) is 0 Å². The summed E-state index contributed by atoms with van der Waals surface area (Å²) in [5.74, 6) is -2.21. The predicted octanol–water partition coefficient (Wildman–Crippen LogP) is 2.11. The van der Waals surface area contributed by atoms with E-state index in [0.29, 0.717) is 19.3 Å². The predicted molar refractivity (Wildman–Crippen MR) is 79.8 cm³/mol. The van der Waals surface area contributed by atoms with E-state index < -0.39 is 30.1 Å². The Morgan fingerprint density at radius 2 is 1.83 bits per heavy atom. The largest absolute Gasteiger partial charge is 0.481 e. The van der Waals surface area contributed by atoms with Crippen LogP contribution < -0.4 is 0 Å². The first-order valence-electron chi connectivity index (χ1n) is 7.42. The Hall–Kier alpha value is -2.57. The van der Waals surface area contributed by atoms with Gasteiger partial charge in [-0.15, -0.1) is 0 Å². The van der Waals surface area contributed by atoms with E-state index in [1.807, 2.05) is 6.07 Å². The van der Waals surface area contributed by atoms with Gasteiger partial charge in [0, 0.05) is 6.04 Å². The molecule has 2 atom stereocenters. The summed E-state index contributed by atoms with van der Waals surface area (Å²) in [6, 6.07) is 7.30. The quantitative estimate of drug-likeness (QED) is 0.860. The Balaban J connectivity index is 2.09. The zero-order valence-corrected chi connectivity index (χ0v) is 12.6. The molecule has 1 amide bonds. The zero-order chi connectivity index (χ0) is 16.8. The molecule has 2 N–H and O–H groups in total. The summed E-state index contributed by atoms with van der Waals surface area (Å²) >= 11 is 0. The van der Waals surface area contributed by atoms with E-state index in [9.17, 15) is 19.5 Å². The number of nitrogens with zero attached hydrogens (tertiary/aromatic N) is 1. The number of aliphatic carboxylic acids is 2. The molecule has 0 spiro atoms. The second-order valence-corrected chi connectivity index (χ2v) is 5.48. The Labute approximate surface area is 133 Å². The molecule has 2 rings (SSSR count). The van der Waals surface area contributed by atoms with E-state index in [-0.39, 0.29) is 13.0 Å². The summed E-state index contributed by atoms with van der Waals surface area (Å²) < 4.78 is 5.19. The van der Waals surface area contributed by atoms with Crippen LogP contribution in [-0.2, 0) is 20.9 Å². The van der Waals surface area contributed by atoms with Gasteiger partial charge in [-0.3, -0.25) is 9.69 Å². The van der Waals surface area contributed by atoms with Crippen LogP contribution in [-0.4, -0.2) is 45.2 Å². The third kappa shape index (κ3) is 4.45. The highest BCUT2D eigenvalue weighted by Crippen LogP contribution is 2.26. The minimum Gasteiger partial charge on any atom is -0.481 e. The first-order valence-corrected chi connectivity index (χ1v) is 7.42. The highest BCUT2D eigenvalue weighted by molar-refractivity contribution is 5.81. The molecular weight excluding hydrogens is 302 g/mol. The van der Waals surface area contributed by atoms with Crippen molar-refractivity contribution in [1.82, 2.24) is 4.90 Å². The normalized spacial score (nSPS) is 20.8. The number of carbonyl (C=O) groups excluding carboxylic acids is 1. The van der Waals surface area contributed by atoms with Crippen LogP contribution in [0.1, 0.15) is 31.2 Å². The Kier molecular flexibility index (Phi) is 5.56. The van der Waals surface area contributed by atoms with Gasteiger partial charge in [0.25, 0.3) is 0 Å². The standard InChI is InChI=1S/C16H19NO6/c18-14(19)9-12-7-4-8-13(15(20)21)17(12)16(22)23-10-11-5-2-1-3-6-11/h1-3,5-6,12-13H,4,7-10H2,(H,18,19)(H,20,21)/t12-,13+/m0/s1. The van der Waals surface area contributed by atoms with Crippen LogP contribution >= 0.6 is 0 Å². The van der Waals surface area contributed by atoms with E-state index in [1.54, 1.807) is 24.3 Å². The van der Waals surface area contributed by atoms with E-state index in [4.69, 9.17) is 9.84 Å². The highest BCUT2D eigenvalue weighted by Gasteiger charge is 2.40. The molecule has 7 nitrogen and oxygen atoms in total. The number of piperidine rings is 1. The van der Waals surface area contributed by atoms with E-state index in [0.717, 1.165) is 10.5 Å². The number of likely N-dealkylation sites (tertiary alicyclic amines) is 1. The van der Waals surface area contributed by atoms with Crippen molar-refractivity contribution >= 4 is 18.0 Å². The van der Waals surface area contributed by atoms with Crippen LogP contribution in [0.2, 0.25) is 0 Å². The highest BCUT2D eigenvalue weighted by atomic mass is 16.6. The molecule has 0 aromatic heterocycles. The molecule has 1 heterocycles. The van der Waals surface area contributed by atoms with Crippen molar-refractivity contribution in [2.24, 2.45) is 0 Å². The number of benzene rings is 1. The van der Waals surface area contributed by atoms with Crippen molar-refractivity contribution in [1.29, 1.82) is 0 Å². The Morgan fingerprint density at radius 1 is 1.13 bits per heavy atom. The molecule has 0 saturated carbocycles. The number of hydrogen-bond acceptors (Lipinski definition) is 4.